The smallest absolute Gasteiger partial charge is 0.253 e. The molecule has 2 amide bonds. The fourth-order valence-corrected chi connectivity index (χ4v) is 5.67. The van der Waals surface area contributed by atoms with Crippen LogP contribution in [0, 0.1) is 11.8 Å². The molecule has 0 saturated carbocycles. The van der Waals surface area contributed by atoms with E-state index in [1.54, 1.807) is 35.2 Å². The predicted molar refractivity (Wildman–Crippen MR) is 138 cm³/mol. The van der Waals surface area contributed by atoms with E-state index in [1.165, 1.54) is 0 Å². The molecule has 1 N–H and O–H groups in total. The van der Waals surface area contributed by atoms with Crippen molar-refractivity contribution in [1.29, 1.82) is 0 Å². The molecule has 2 aliphatic rings. The average Bonchev–Trinajstić information content (AvgIpc) is 2.85. The predicted octanol–water partition coefficient (Wildman–Crippen LogP) is 5.35. The summed E-state index contributed by atoms with van der Waals surface area (Å²) in [6.45, 7) is 5.02. The maximum absolute atomic E-state index is 13.5. The summed E-state index contributed by atoms with van der Waals surface area (Å²) in [6.07, 6.45) is 1.54. The molecule has 4 atom stereocenters. The van der Waals surface area contributed by atoms with E-state index in [-0.39, 0.29) is 29.7 Å². The molecule has 2 fully saturated rings. The van der Waals surface area contributed by atoms with Crippen LogP contribution in [-0.4, -0.2) is 60.9 Å². The Labute approximate surface area is 216 Å². The number of nitrogens with zero attached hydrogens (tertiary/aromatic N) is 2. The van der Waals surface area contributed by atoms with E-state index >= 15 is 0 Å². The van der Waals surface area contributed by atoms with E-state index in [1.807, 2.05) is 24.1 Å². The summed E-state index contributed by atoms with van der Waals surface area (Å²) >= 11 is 18.5. The summed E-state index contributed by atoms with van der Waals surface area (Å²) in [4.78, 5) is 30.6. The average molecular weight is 523 g/mol. The second kappa shape index (κ2) is 10.9. The van der Waals surface area contributed by atoms with Crippen molar-refractivity contribution in [2.45, 2.75) is 31.7 Å². The van der Waals surface area contributed by atoms with E-state index in [4.69, 9.17) is 34.8 Å². The number of likely N-dealkylation sites (tertiary alicyclic amines) is 1. The monoisotopic (exact) mass is 521 g/mol. The molecule has 0 aliphatic carbocycles. The lowest BCUT2D eigenvalue weighted by Gasteiger charge is -2.44. The molecule has 2 saturated heterocycles. The second-order valence-corrected chi connectivity index (χ2v) is 10.7. The van der Waals surface area contributed by atoms with Gasteiger partial charge in [-0.1, -0.05) is 47.8 Å². The third-order valence-corrected chi connectivity index (χ3v) is 8.26. The molecular weight excluding hydrogens is 493 g/mol. The number of rotatable bonds is 4. The van der Waals surface area contributed by atoms with Crippen LogP contribution >= 0.6 is 34.8 Å². The normalized spacial score (nSPS) is 25.1. The van der Waals surface area contributed by atoms with Gasteiger partial charge in [0.2, 0.25) is 5.91 Å². The zero-order valence-electron chi connectivity index (χ0n) is 19.4. The van der Waals surface area contributed by atoms with E-state index in [0.717, 1.165) is 25.1 Å². The van der Waals surface area contributed by atoms with Crippen LogP contribution in [0.5, 0.6) is 0 Å². The maximum Gasteiger partial charge on any atom is 0.253 e. The number of carbonyl (C=O) groups is 2. The Morgan fingerprint density at radius 1 is 1.03 bits per heavy atom. The van der Waals surface area contributed by atoms with Gasteiger partial charge in [0.1, 0.15) is 0 Å². The lowest BCUT2D eigenvalue weighted by Crippen LogP contribution is -2.54. The van der Waals surface area contributed by atoms with Gasteiger partial charge < -0.3 is 15.1 Å². The summed E-state index contributed by atoms with van der Waals surface area (Å²) in [6, 6.07) is 12.4. The van der Waals surface area contributed by atoms with Crippen molar-refractivity contribution in [3.63, 3.8) is 0 Å². The van der Waals surface area contributed by atoms with Crippen molar-refractivity contribution in [3.05, 3.63) is 68.7 Å². The molecule has 2 unspecified atom stereocenters. The van der Waals surface area contributed by atoms with Crippen molar-refractivity contribution >= 4 is 46.6 Å². The minimum absolute atomic E-state index is 0.0284. The first-order chi connectivity index (χ1) is 16.3. The molecule has 0 aromatic heterocycles. The van der Waals surface area contributed by atoms with Gasteiger partial charge in [-0.2, -0.15) is 0 Å². The first-order valence-corrected chi connectivity index (χ1v) is 12.9. The fourth-order valence-electron chi connectivity index (χ4n) is 5.24. The van der Waals surface area contributed by atoms with Gasteiger partial charge in [0, 0.05) is 48.6 Å². The minimum atomic E-state index is -0.0880. The Hall–Kier alpha value is -1.79. The van der Waals surface area contributed by atoms with Crippen LogP contribution in [0.3, 0.4) is 0 Å². The number of halogens is 3. The minimum Gasteiger partial charge on any atom is -0.342 e. The number of benzene rings is 2. The van der Waals surface area contributed by atoms with Crippen LogP contribution in [-0.2, 0) is 4.79 Å². The van der Waals surface area contributed by atoms with E-state index in [9.17, 15) is 9.59 Å². The molecule has 5 nitrogen and oxygen atoms in total. The van der Waals surface area contributed by atoms with Gasteiger partial charge in [0.25, 0.3) is 5.91 Å². The Balaban J connectivity index is 1.60. The first-order valence-electron chi connectivity index (χ1n) is 11.7. The zero-order valence-corrected chi connectivity index (χ0v) is 21.7. The number of hydrogen-bond donors (Lipinski definition) is 1. The Morgan fingerprint density at radius 3 is 2.44 bits per heavy atom. The molecule has 2 aliphatic heterocycles. The summed E-state index contributed by atoms with van der Waals surface area (Å²) in [7, 11) is 1.83. The van der Waals surface area contributed by atoms with Crippen LogP contribution in [0.4, 0.5) is 0 Å². The number of amides is 2. The molecule has 34 heavy (non-hydrogen) atoms. The molecular formula is C26H30Cl3N3O2. The Kier molecular flexibility index (Phi) is 8.08. The highest BCUT2D eigenvalue weighted by Crippen LogP contribution is 2.36. The summed E-state index contributed by atoms with van der Waals surface area (Å²) in [5.41, 5.74) is 1.56. The molecule has 0 spiro atoms. The van der Waals surface area contributed by atoms with Crippen LogP contribution in [0.1, 0.15) is 41.6 Å². The quantitative estimate of drug-likeness (QED) is 0.589. The SMILES string of the molecule is CC1CNCCC1C(=O)N1CC[C@@H](N(C)C(=O)c2ccc(Cl)cc2)[C@H](c2ccc(Cl)c(Cl)c2)C1. The Bertz CT molecular complexity index is 1050. The van der Waals surface area contributed by atoms with Gasteiger partial charge in [0.05, 0.1) is 10.0 Å². The molecule has 182 valence electrons. The summed E-state index contributed by atoms with van der Waals surface area (Å²) in [5.74, 6) is 0.394. The van der Waals surface area contributed by atoms with E-state index in [2.05, 4.69) is 12.2 Å². The fraction of sp³-hybridized carbons (Fsp3) is 0.462. The molecule has 0 bridgehead atoms. The molecule has 0 radical (unpaired) electrons. The standard InChI is InChI=1S/C26H30Cl3N3O2/c1-16-14-30-11-9-20(16)26(34)32-12-10-24(21(15-32)18-5-8-22(28)23(29)13-18)31(2)25(33)17-3-6-19(27)7-4-17/h3-8,13,16,20-21,24,30H,9-12,14-15H2,1-2H3/t16?,20?,21-,24+/m0/s1. The van der Waals surface area contributed by atoms with Gasteiger partial charge in [0.15, 0.2) is 0 Å². The molecule has 4 rings (SSSR count). The number of hydrogen-bond acceptors (Lipinski definition) is 3. The molecule has 2 aromatic carbocycles. The van der Waals surface area contributed by atoms with Crippen LogP contribution < -0.4 is 5.32 Å². The van der Waals surface area contributed by atoms with Crippen LogP contribution in [0.2, 0.25) is 15.1 Å². The van der Waals surface area contributed by atoms with Crippen LogP contribution in [0.15, 0.2) is 42.5 Å². The van der Waals surface area contributed by atoms with Crippen molar-refractivity contribution in [2.24, 2.45) is 11.8 Å². The maximum atomic E-state index is 13.5. The highest BCUT2D eigenvalue weighted by atomic mass is 35.5. The van der Waals surface area contributed by atoms with Crippen molar-refractivity contribution in [2.75, 3.05) is 33.2 Å². The van der Waals surface area contributed by atoms with E-state index < -0.39 is 0 Å². The number of carbonyl (C=O) groups excluding carboxylic acids is 2. The lowest BCUT2D eigenvalue weighted by atomic mass is 9.82. The highest BCUT2D eigenvalue weighted by Gasteiger charge is 2.39. The highest BCUT2D eigenvalue weighted by molar-refractivity contribution is 6.42. The number of likely N-dealkylation sites (N-methyl/N-ethyl adjacent to an activating group) is 1. The van der Waals surface area contributed by atoms with Gasteiger partial charge >= 0.3 is 0 Å². The number of nitrogens with one attached hydrogen (secondary N) is 1. The zero-order chi connectivity index (χ0) is 24.4. The lowest BCUT2D eigenvalue weighted by molar-refractivity contribution is -0.139. The third kappa shape index (κ3) is 5.38. The largest absolute Gasteiger partial charge is 0.342 e. The summed E-state index contributed by atoms with van der Waals surface area (Å²) in [5, 5.41) is 4.92. The van der Waals surface area contributed by atoms with Crippen molar-refractivity contribution < 1.29 is 9.59 Å². The first kappa shape index (κ1) is 25.3. The molecule has 2 aromatic rings. The van der Waals surface area contributed by atoms with Gasteiger partial charge in [-0.05, 0) is 73.8 Å². The van der Waals surface area contributed by atoms with Crippen molar-refractivity contribution in [3.8, 4) is 0 Å². The van der Waals surface area contributed by atoms with Gasteiger partial charge in [-0.3, -0.25) is 9.59 Å². The second-order valence-electron chi connectivity index (χ2n) is 9.42. The third-order valence-electron chi connectivity index (χ3n) is 7.27. The summed E-state index contributed by atoms with van der Waals surface area (Å²) < 4.78 is 0. The molecule has 8 heteroatoms. The van der Waals surface area contributed by atoms with Gasteiger partial charge in [-0.25, -0.2) is 0 Å². The molecule has 2 heterocycles. The van der Waals surface area contributed by atoms with Crippen LogP contribution in [0.25, 0.3) is 0 Å². The van der Waals surface area contributed by atoms with Gasteiger partial charge in [-0.15, -0.1) is 0 Å². The number of piperidine rings is 2. The van der Waals surface area contributed by atoms with E-state index in [0.29, 0.717) is 46.1 Å². The Morgan fingerprint density at radius 2 is 1.76 bits per heavy atom. The van der Waals surface area contributed by atoms with Crippen molar-refractivity contribution in [1.82, 2.24) is 15.1 Å². The topological polar surface area (TPSA) is 52.7 Å².